The van der Waals surface area contributed by atoms with Crippen LogP contribution in [0.5, 0.6) is 0 Å². The quantitative estimate of drug-likeness (QED) is 0.276. The lowest BCUT2D eigenvalue weighted by Crippen LogP contribution is -2.43. The van der Waals surface area contributed by atoms with Crippen LogP contribution in [0.1, 0.15) is 35.0 Å². The molecule has 0 aliphatic carbocycles. The van der Waals surface area contributed by atoms with Gasteiger partial charge in [0.25, 0.3) is 5.91 Å². The van der Waals surface area contributed by atoms with Crippen LogP contribution < -0.4 is 0 Å². The van der Waals surface area contributed by atoms with Crippen molar-refractivity contribution in [1.82, 2.24) is 14.8 Å². The monoisotopic (exact) mass is 511 g/mol. The molecule has 0 spiro atoms. The van der Waals surface area contributed by atoms with Crippen molar-refractivity contribution in [2.24, 2.45) is 0 Å². The van der Waals surface area contributed by atoms with E-state index in [-0.39, 0.29) is 24.1 Å². The minimum atomic E-state index is -0.295. The van der Waals surface area contributed by atoms with Gasteiger partial charge in [0, 0.05) is 36.7 Å². The molecule has 0 unspecified atom stereocenters. The lowest BCUT2D eigenvalue weighted by molar-refractivity contribution is -0.132. The smallest absolute Gasteiger partial charge is 0.290 e. The first-order chi connectivity index (χ1) is 17.0. The molecular formula is C27H27Cl2N3O3. The summed E-state index contributed by atoms with van der Waals surface area (Å²) in [6, 6.07) is 16.7. The molecule has 0 saturated carbocycles. The number of hydrogen-bond acceptors (Lipinski definition) is 3. The van der Waals surface area contributed by atoms with Crippen LogP contribution in [0.4, 0.5) is 0 Å². The fraction of sp³-hybridized carbons (Fsp3) is 0.259. The number of hydrogen-bond donors (Lipinski definition) is 1. The van der Waals surface area contributed by atoms with Gasteiger partial charge in [0.15, 0.2) is 5.76 Å². The topological polar surface area (TPSA) is 69.6 Å². The minimum Gasteiger partial charge on any atom is -0.459 e. The van der Waals surface area contributed by atoms with Crippen LogP contribution in [0.3, 0.4) is 0 Å². The highest BCUT2D eigenvalue weighted by Crippen LogP contribution is 2.24. The first-order valence-electron chi connectivity index (χ1n) is 11.6. The Hall–Kier alpha value is -3.22. The van der Waals surface area contributed by atoms with Gasteiger partial charge in [-0.3, -0.25) is 9.59 Å². The average molecular weight is 512 g/mol. The molecule has 182 valence electrons. The molecule has 2 amide bonds. The second-order valence-electron chi connectivity index (χ2n) is 8.38. The van der Waals surface area contributed by atoms with Gasteiger partial charge in [-0.05, 0) is 54.3 Å². The van der Waals surface area contributed by atoms with E-state index in [0.717, 1.165) is 28.5 Å². The highest BCUT2D eigenvalue weighted by atomic mass is 35.5. The van der Waals surface area contributed by atoms with Gasteiger partial charge >= 0.3 is 0 Å². The van der Waals surface area contributed by atoms with Crippen LogP contribution in [-0.2, 0) is 17.8 Å². The third-order valence-corrected chi connectivity index (χ3v) is 6.61. The number of para-hydroxylation sites is 1. The summed E-state index contributed by atoms with van der Waals surface area (Å²) < 4.78 is 5.28. The number of furan rings is 1. The molecule has 2 heterocycles. The van der Waals surface area contributed by atoms with Gasteiger partial charge in [0.05, 0.1) is 16.3 Å². The molecule has 0 fully saturated rings. The molecule has 1 N–H and O–H groups in total. The third kappa shape index (κ3) is 6.08. The van der Waals surface area contributed by atoms with E-state index in [4.69, 9.17) is 27.6 Å². The van der Waals surface area contributed by atoms with Crippen LogP contribution >= 0.6 is 23.2 Å². The van der Waals surface area contributed by atoms with E-state index in [9.17, 15) is 9.59 Å². The molecule has 8 heteroatoms. The Kier molecular flexibility index (Phi) is 8.16. The van der Waals surface area contributed by atoms with Crippen molar-refractivity contribution in [2.75, 3.05) is 19.6 Å². The molecule has 0 atom stereocenters. The lowest BCUT2D eigenvalue weighted by atomic mass is 10.1. The van der Waals surface area contributed by atoms with Crippen molar-refractivity contribution in [1.29, 1.82) is 0 Å². The van der Waals surface area contributed by atoms with Crippen molar-refractivity contribution in [2.45, 2.75) is 26.3 Å². The summed E-state index contributed by atoms with van der Waals surface area (Å²) in [5, 5.41) is 2.04. The number of nitrogens with one attached hydrogen (secondary N) is 1. The van der Waals surface area contributed by atoms with Gasteiger partial charge < -0.3 is 19.2 Å². The maximum Gasteiger partial charge on any atom is 0.290 e. The van der Waals surface area contributed by atoms with E-state index < -0.39 is 0 Å². The Morgan fingerprint density at radius 3 is 2.54 bits per heavy atom. The number of rotatable bonds is 10. The van der Waals surface area contributed by atoms with E-state index in [2.05, 4.69) is 11.1 Å². The molecule has 0 aliphatic rings. The molecule has 0 radical (unpaired) electrons. The number of nitrogens with zero attached hydrogens (tertiary/aromatic N) is 2. The molecule has 0 saturated heterocycles. The summed E-state index contributed by atoms with van der Waals surface area (Å²) >= 11 is 12.3. The van der Waals surface area contributed by atoms with Gasteiger partial charge in [-0.1, -0.05) is 54.4 Å². The largest absolute Gasteiger partial charge is 0.459 e. The Labute approximate surface area is 214 Å². The van der Waals surface area contributed by atoms with Crippen LogP contribution in [0.25, 0.3) is 10.9 Å². The lowest BCUT2D eigenvalue weighted by Gasteiger charge is -2.27. The SMILES string of the molecule is CCCN(CC(=O)N(CCc1c[nH]c2ccccc12)Cc1ccc(Cl)c(Cl)c1)C(=O)c1ccco1. The summed E-state index contributed by atoms with van der Waals surface area (Å²) in [6.45, 7) is 3.22. The summed E-state index contributed by atoms with van der Waals surface area (Å²) in [7, 11) is 0. The van der Waals surface area contributed by atoms with Gasteiger partial charge in [-0.25, -0.2) is 0 Å². The first-order valence-corrected chi connectivity index (χ1v) is 12.3. The molecule has 6 nitrogen and oxygen atoms in total. The normalized spacial score (nSPS) is 11.1. The zero-order valence-corrected chi connectivity index (χ0v) is 21.0. The van der Waals surface area contributed by atoms with E-state index >= 15 is 0 Å². The minimum absolute atomic E-state index is 0.0391. The summed E-state index contributed by atoms with van der Waals surface area (Å²) in [6.07, 6.45) is 4.83. The molecule has 2 aromatic carbocycles. The van der Waals surface area contributed by atoms with E-state index in [0.29, 0.717) is 36.1 Å². The van der Waals surface area contributed by atoms with Crippen LogP contribution in [0, 0.1) is 0 Å². The van der Waals surface area contributed by atoms with Gasteiger partial charge in [-0.2, -0.15) is 0 Å². The maximum atomic E-state index is 13.5. The summed E-state index contributed by atoms with van der Waals surface area (Å²) in [5.41, 5.74) is 3.05. The second-order valence-corrected chi connectivity index (χ2v) is 9.19. The first kappa shape index (κ1) is 24.9. The number of carbonyl (C=O) groups is 2. The molecule has 35 heavy (non-hydrogen) atoms. The molecule has 4 rings (SSSR count). The van der Waals surface area contributed by atoms with Crippen molar-refractivity contribution in [3.8, 4) is 0 Å². The maximum absolute atomic E-state index is 13.5. The number of carbonyl (C=O) groups excluding carboxylic acids is 2. The highest BCUT2D eigenvalue weighted by Gasteiger charge is 2.24. The third-order valence-electron chi connectivity index (χ3n) is 5.87. The Morgan fingerprint density at radius 1 is 0.971 bits per heavy atom. The Morgan fingerprint density at radius 2 is 1.80 bits per heavy atom. The number of amides is 2. The van der Waals surface area contributed by atoms with E-state index in [1.54, 1.807) is 29.2 Å². The number of halogens is 2. The van der Waals surface area contributed by atoms with Crippen molar-refractivity contribution in [3.05, 3.63) is 94.0 Å². The number of H-pyrrole nitrogens is 1. The highest BCUT2D eigenvalue weighted by molar-refractivity contribution is 6.42. The van der Waals surface area contributed by atoms with E-state index in [1.165, 1.54) is 11.2 Å². The molecule has 2 aromatic heterocycles. The number of benzene rings is 2. The zero-order valence-electron chi connectivity index (χ0n) is 19.5. The van der Waals surface area contributed by atoms with Crippen molar-refractivity contribution in [3.63, 3.8) is 0 Å². The molecule has 4 aromatic rings. The second kappa shape index (κ2) is 11.5. The van der Waals surface area contributed by atoms with Crippen LogP contribution in [0.2, 0.25) is 10.0 Å². The number of aromatic nitrogens is 1. The van der Waals surface area contributed by atoms with Crippen LogP contribution in [-0.4, -0.2) is 46.2 Å². The van der Waals surface area contributed by atoms with E-state index in [1.807, 2.05) is 37.4 Å². The molecule has 0 bridgehead atoms. The van der Waals surface area contributed by atoms with Crippen molar-refractivity contribution >= 4 is 45.9 Å². The summed E-state index contributed by atoms with van der Waals surface area (Å²) in [5.74, 6) is -0.221. The Balaban J connectivity index is 1.54. The Bertz CT molecular complexity index is 1300. The standard InChI is InChI=1S/C27H27Cl2N3O3/c1-2-12-32(27(34)25-8-5-14-35-25)18-26(33)31(17-19-9-10-22(28)23(29)15-19)13-11-20-16-30-24-7-4-3-6-21(20)24/h3-10,14-16,30H,2,11-13,17-18H2,1H3. The van der Waals surface area contributed by atoms with Crippen molar-refractivity contribution < 1.29 is 14.0 Å². The fourth-order valence-corrected chi connectivity index (χ4v) is 4.41. The number of fused-ring (bicyclic) bond motifs is 1. The van der Waals surface area contributed by atoms with Gasteiger partial charge in [0.2, 0.25) is 5.91 Å². The fourth-order valence-electron chi connectivity index (χ4n) is 4.09. The van der Waals surface area contributed by atoms with Gasteiger partial charge in [-0.15, -0.1) is 0 Å². The average Bonchev–Trinajstić information content (AvgIpc) is 3.54. The summed E-state index contributed by atoms with van der Waals surface area (Å²) in [4.78, 5) is 33.0. The number of aromatic amines is 1. The predicted molar refractivity (Wildman–Crippen MR) is 139 cm³/mol. The molecule has 0 aliphatic heterocycles. The molecular weight excluding hydrogens is 485 g/mol. The predicted octanol–water partition coefficient (Wildman–Crippen LogP) is 6.19. The van der Waals surface area contributed by atoms with Crippen LogP contribution in [0.15, 0.2) is 71.5 Å². The van der Waals surface area contributed by atoms with Gasteiger partial charge in [0.1, 0.15) is 6.54 Å². The zero-order chi connectivity index (χ0) is 24.8.